The molecule has 0 N–H and O–H groups in total. The Morgan fingerprint density at radius 3 is 2.67 bits per heavy atom. The van der Waals surface area contributed by atoms with Gasteiger partial charge in [0.1, 0.15) is 0 Å². The minimum absolute atomic E-state index is 0.0575. The fourth-order valence-electron chi connectivity index (χ4n) is 3.67. The number of aromatic nitrogens is 2. The maximum Gasteiger partial charge on any atom is 0.243 e. The Hall–Kier alpha value is -2.15. The predicted molar refractivity (Wildman–Crippen MR) is 105 cm³/mol. The zero-order valence-electron chi connectivity index (χ0n) is 15.1. The summed E-state index contributed by atoms with van der Waals surface area (Å²) < 4.78 is 30.1. The highest BCUT2D eigenvalue weighted by atomic mass is 35.5. The Morgan fingerprint density at radius 1 is 1.15 bits per heavy atom. The lowest BCUT2D eigenvalue weighted by Gasteiger charge is -2.34. The van der Waals surface area contributed by atoms with Crippen LogP contribution in [-0.2, 0) is 23.6 Å². The van der Waals surface area contributed by atoms with E-state index in [0.29, 0.717) is 23.7 Å². The van der Waals surface area contributed by atoms with Gasteiger partial charge in [-0.25, -0.2) is 8.42 Å². The largest absolute Gasteiger partial charge is 0.276 e. The van der Waals surface area contributed by atoms with Gasteiger partial charge in [0.2, 0.25) is 10.0 Å². The number of benzene rings is 2. The van der Waals surface area contributed by atoms with Gasteiger partial charge in [-0.05, 0) is 41.3 Å². The Bertz CT molecular complexity index is 1110. The van der Waals surface area contributed by atoms with Crippen molar-refractivity contribution >= 4 is 21.6 Å². The summed E-state index contributed by atoms with van der Waals surface area (Å²) in [5.41, 5.74) is 3.75. The van der Waals surface area contributed by atoms with E-state index in [1.54, 1.807) is 34.1 Å². The van der Waals surface area contributed by atoms with Crippen LogP contribution in [0.1, 0.15) is 28.2 Å². The van der Waals surface area contributed by atoms with Crippen molar-refractivity contribution in [2.75, 3.05) is 6.54 Å². The third-order valence-electron chi connectivity index (χ3n) is 5.13. The first kappa shape index (κ1) is 18.2. The van der Waals surface area contributed by atoms with Crippen molar-refractivity contribution in [3.05, 3.63) is 82.1 Å². The number of rotatable bonds is 3. The molecule has 0 saturated carbocycles. The number of halogens is 1. The van der Waals surface area contributed by atoms with E-state index in [2.05, 4.69) is 11.2 Å². The monoisotopic (exact) mass is 401 g/mol. The fourth-order valence-corrected chi connectivity index (χ4v) is 5.58. The quantitative estimate of drug-likeness (QED) is 0.672. The minimum Gasteiger partial charge on any atom is -0.276 e. The van der Waals surface area contributed by atoms with Crippen LogP contribution < -0.4 is 0 Å². The molecule has 1 aliphatic heterocycles. The van der Waals surface area contributed by atoms with Crippen LogP contribution in [0.2, 0.25) is 5.02 Å². The van der Waals surface area contributed by atoms with Gasteiger partial charge < -0.3 is 0 Å². The molecule has 0 bridgehead atoms. The maximum atomic E-state index is 13.4. The summed E-state index contributed by atoms with van der Waals surface area (Å²) in [6.07, 6.45) is 3.75. The molecule has 4 rings (SSSR count). The second-order valence-corrected chi connectivity index (χ2v) is 9.17. The zero-order valence-corrected chi connectivity index (χ0v) is 16.7. The Balaban J connectivity index is 1.80. The highest BCUT2D eigenvalue weighted by Crippen LogP contribution is 2.36. The van der Waals surface area contributed by atoms with E-state index >= 15 is 0 Å². The first-order valence-electron chi connectivity index (χ1n) is 8.69. The topological polar surface area (TPSA) is 55.2 Å². The molecule has 140 valence electrons. The average Bonchev–Trinajstić information content (AvgIpc) is 3.09. The SMILES string of the molecule is Cc1c(Cl)cccc1S(=O)(=O)N1Cc2ccccc2C(c2cnn(C)c2)C1. The molecule has 1 atom stereocenters. The van der Waals surface area contributed by atoms with Gasteiger partial charge in [-0.15, -0.1) is 0 Å². The molecule has 7 heteroatoms. The summed E-state index contributed by atoms with van der Waals surface area (Å²) in [5, 5.41) is 4.72. The number of fused-ring (bicyclic) bond motifs is 1. The average molecular weight is 402 g/mol. The van der Waals surface area contributed by atoms with Crippen LogP contribution in [0.5, 0.6) is 0 Å². The first-order chi connectivity index (χ1) is 12.9. The van der Waals surface area contributed by atoms with E-state index in [-0.39, 0.29) is 10.8 Å². The van der Waals surface area contributed by atoms with Crippen LogP contribution >= 0.6 is 11.6 Å². The van der Waals surface area contributed by atoms with E-state index in [4.69, 9.17) is 11.6 Å². The molecule has 3 aromatic rings. The fraction of sp³-hybridized carbons (Fsp3) is 0.250. The molecule has 0 fully saturated rings. The molecule has 2 aromatic carbocycles. The molecule has 0 aliphatic carbocycles. The van der Waals surface area contributed by atoms with E-state index in [1.807, 2.05) is 37.6 Å². The third kappa shape index (κ3) is 3.18. The molecule has 2 heterocycles. The Kier molecular flexibility index (Phi) is 4.58. The summed E-state index contributed by atoms with van der Waals surface area (Å²) in [7, 11) is -1.81. The second kappa shape index (κ2) is 6.78. The highest BCUT2D eigenvalue weighted by molar-refractivity contribution is 7.89. The van der Waals surface area contributed by atoms with Gasteiger partial charge in [-0.3, -0.25) is 4.68 Å². The lowest BCUT2D eigenvalue weighted by Crippen LogP contribution is -2.38. The van der Waals surface area contributed by atoms with E-state index < -0.39 is 10.0 Å². The van der Waals surface area contributed by atoms with Crippen LogP contribution in [0.15, 0.2) is 59.8 Å². The molecule has 0 amide bonds. The van der Waals surface area contributed by atoms with Crippen LogP contribution in [0, 0.1) is 6.92 Å². The molecule has 1 unspecified atom stereocenters. The van der Waals surface area contributed by atoms with Gasteiger partial charge in [-0.1, -0.05) is 41.9 Å². The summed E-state index contributed by atoms with van der Waals surface area (Å²) in [6, 6.07) is 13.0. The molecular formula is C20H20ClN3O2S. The molecule has 5 nitrogen and oxygen atoms in total. The van der Waals surface area contributed by atoms with E-state index in [1.165, 1.54) is 0 Å². The normalized spacial score (nSPS) is 17.7. The predicted octanol–water partition coefficient (Wildman–Crippen LogP) is 3.72. The first-order valence-corrected chi connectivity index (χ1v) is 10.5. The molecular weight excluding hydrogens is 382 g/mol. The smallest absolute Gasteiger partial charge is 0.243 e. The summed E-state index contributed by atoms with van der Waals surface area (Å²) >= 11 is 6.17. The van der Waals surface area contributed by atoms with Crippen LogP contribution in [0.4, 0.5) is 0 Å². The van der Waals surface area contributed by atoms with Crippen molar-refractivity contribution < 1.29 is 8.42 Å². The van der Waals surface area contributed by atoms with Crippen LogP contribution in [-0.4, -0.2) is 29.0 Å². The molecule has 1 aromatic heterocycles. The highest BCUT2D eigenvalue weighted by Gasteiger charge is 2.35. The zero-order chi connectivity index (χ0) is 19.2. The molecule has 0 radical (unpaired) electrons. The lowest BCUT2D eigenvalue weighted by atomic mass is 9.87. The van der Waals surface area contributed by atoms with Gasteiger partial charge in [0.15, 0.2) is 0 Å². The molecule has 0 spiro atoms. The van der Waals surface area contributed by atoms with Crippen molar-refractivity contribution in [2.45, 2.75) is 24.3 Å². The van der Waals surface area contributed by atoms with Crippen molar-refractivity contribution in [2.24, 2.45) is 7.05 Å². The number of hydrogen-bond donors (Lipinski definition) is 0. The summed E-state index contributed by atoms with van der Waals surface area (Å²) in [6.45, 7) is 2.46. The van der Waals surface area contributed by atoms with E-state index in [0.717, 1.165) is 16.7 Å². The molecule has 1 aliphatic rings. The van der Waals surface area contributed by atoms with Gasteiger partial charge in [-0.2, -0.15) is 9.40 Å². The third-order valence-corrected chi connectivity index (χ3v) is 7.49. The standard InChI is InChI=1S/C20H20ClN3O2S/c1-14-19(21)8-5-9-20(14)27(25,26)24-12-15-6-3-4-7-17(15)18(13-24)16-10-22-23(2)11-16/h3-11,18H,12-13H2,1-2H3. The van der Waals surface area contributed by atoms with Crippen LogP contribution in [0.25, 0.3) is 0 Å². The number of hydrogen-bond acceptors (Lipinski definition) is 3. The van der Waals surface area contributed by atoms with Crippen LogP contribution in [0.3, 0.4) is 0 Å². The molecule has 27 heavy (non-hydrogen) atoms. The van der Waals surface area contributed by atoms with Crippen molar-refractivity contribution in [1.82, 2.24) is 14.1 Å². The maximum absolute atomic E-state index is 13.4. The van der Waals surface area contributed by atoms with Gasteiger partial charge in [0.05, 0.1) is 11.1 Å². The Labute approximate surface area is 164 Å². The van der Waals surface area contributed by atoms with Gasteiger partial charge in [0.25, 0.3) is 0 Å². The number of aryl methyl sites for hydroxylation is 1. The van der Waals surface area contributed by atoms with Gasteiger partial charge >= 0.3 is 0 Å². The summed E-state index contributed by atoms with van der Waals surface area (Å²) in [4.78, 5) is 0.263. The van der Waals surface area contributed by atoms with Crippen molar-refractivity contribution in [1.29, 1.82) is 0 Å². The summed E-state index contributed by atoms with van der Waals surface area (Å²) in [5.74, 6) is -0.0575. The lowest BCUT2D eigenvalue weighted by molar-refractivity contribution is 0.371. The van der Waals surface area contributed by atoms with Crippen molar-refractivity contribution in [3.8, 4) is 0 Å². The Morgan fingerprint density at radius 2 is 1.93 bits per heavy atom. The van der Waals surface area contributed by atoms with E-state index in [9.17, 15) is 8.42 Å². The number of nitrogens with zero attached hydrogens (tertiary/aromatic N) is 3. The second-order valence-electron chi connectivity index (χ2n) is 6.86. The van der Waals surface area contributed by atoms with Gasteiger partial charge in [0, 0.05) is 37.3 Å². The minimum atomic E-state index is -3.67. The molecule has 0 saturated heterocycles. The van der Waals surface area contributed by atoms with Crippen molar-refractivity contribution in [3.63, 3.8) is 0 Å². The number of sulfonamides is 1.